The van der Waals surface area contributed by atoms with Gasteiger partial charge in [0.2, 0.25) is 0 Å². The highest BCUT2D eigenvalue weighted by Gasteiger charge is 2.05. The Morgan fingerprint density at radius 2 is 1.93 bits per heavy atom. The summed E-state index contributed by atoms with van der Waals surface area (Å²) in [5.41, 5.74) is 1.28. The number of rotatable bonds is 9. The summed E-state index contributed by atoms with van der Waals surface area (Å²) >= 11 is 0. The highest BCUT2D eigenvalue weighted by Crippen LogP contribution is 2.07. The van der Waals surface area contributed by atoms with Crippen molar-refractivity contribution in [2.75, 3.05) is 6.54 Å². The number of nitrogens with one attached hydrogen (secondary N) is 1. The molecule has 1 atom stereocenters. The zero-order chi connectivity index (χ0) is 10.8. The molecule has 0 aliphatic heterocycles. The lowest BCUT2D eigenvalue weighted by Gasteiger charge is -2.17. The zero-order valence-electron chi connectivity index (χ0n) is 10.2. The van der Waals surface area contributed by atoms with Crippen molar-refractivity contribution in [2.24, 2.45) is 0 Å². The Morgan fingerprint density at radius 1 is 1.21 bits per heavy atom. The summed E-state index contributed by atoms with van der Waals surface area (Å²) in [5.74, 6) is 0. The van der Waals surface area contributed by atoms with Crippen LogP contribution in [0, 0.1) is 0 Å². The van der Waals surface area contributed by atoms with Crippen molar-refractivity contribution in [3.8, 4) is 0 Å². The van der Waals surface area contributed by atoms with E-state index < -0.39 is 0 Å². The maximum atomic E-state index is 3.92. The molecule has 0 bridgehead atoms. The molecule has 1 N–H and O–H groups in total. The van der Waals surface area contributed by atoms with Gasteiger partial charge in [0.15, 0.2) is 0 Å². The molecule has 0 rings (SSSR count). The number of hydrogen-bond acceptors (Lipinski definition) is 1. The second-order valence-electron chi connectivity index (χ2n) is 4.29. The summed E-state index contributed by atoms with van der Waals surface area (Å²) in [4.78, 5) is 0. The maximum Gasteiger partial charge on any atom is 0.00670 e. The predicted molar refractivity (Wildman–Crippen MR) is 65.7 cm³/mol. The van der Waals surface area contributed by atoms with E-state index in [0.717, 1.165) is 19.0 Å². The van der Waals surface area contributed by atoms with E-state index in [1.165, 1.54) is 37.7 Å². The van der Waals surface area contributed by atoms with Gasteiger partial charge in [-0.2, -0.15) is 0 Å². The van der Waals surface area contributed by atoms with E-state index in [1.54, 1.807) is 0 Å². The molecule has 0 fully saturated rings. The second-order valence-corrected chi connectivity index (χ2v) is 4.29. The van der Waals surface area contributed by atoms with E-state index in [9.17, 15) is 0 Å². The SMILES string of the molecule is C=C(C)CCNC(CCC)CCCC. The van der Waals surface area contributed by atoms with E-state index in [-0.39, 0.29) is 0 Å². The summed E-state index contributed by atoms with van der Waals surface area (Å²) in [5, 5.41) is 3.63. The van der Waals surface area contributed by atoms with Crippen molar-refractivity contribution in [1.29, 1.82) is 0 Å². The Hall–Kier alpha value is -0.300. The van der Waals surface area contributed by atoms with Crippen LogP contribution in [0.15, 0.2) is 12.2 Å². The first-order valence-electron chi connectivity index (χ1n) is 6.08. The van der Waals surface area contributed by atoms with Crippen molar-refractivity contribution in [3.63, 3.8) is 0 Å². The molecule has 0 amide bonds. The Labute approximate surface area is 90.0 Å². The molecule has 1 unspecified atom stereocenters. The zero-order valence-corrected chi connectivity index (χ0v) is 10.2. The van der Waals surface area contributed by atoms with Crippen LogP contribution in [-0.2, 0) is 0 Å². The lowest BCUT2D eigenvalue weighted by atomic mass is 10.0. The molecule has 0 spiro atoms. The average Bonchev–Trinajstić information content (AvgIpc) is 2.13. The standard InChI is InChI=1S/C13H27N/c1-5-7-9-13(8-6-2)14-11-10-12(3)4/h13-14H,3,5-11H2,1-2,4H3. The van der Waals surface area contributed by atoms with E-state index in [1.807, 2.05) is 0 Å². The first-order valence-corrected chi connectivity index (χ1v) is 6.08. The van der Waals surface area contributed by atoms with Crippen LogP contribution in [0.3, 0.4) is 0 Å². The van der Waals surface area contributed by atoms with E-state index in [2.05, 4.69) is 32.7 Å². The van der Waals surface area contributed by atoms with Gasteiger partial charge in [-0.25, -0.2) is 0 Å². The molecule has 1 nitrogen and oxygen atoms in total. The van der Waals surface area contributed by atoms with Crippen LogP contribution < -0.4 is 5.32 Å². The number of hydrogen-bond donors (Lipinski definition) is 1. The van der Waals surface area contributed by atoms with Gasteiger partial charge in [0, 0.05) is 6.04 Å². The van der Waals surface area contributed by atoms with Crippen LogP contribution in [-0.4, -0.2) is 12.6 Å². The van der Waals surface area contributed by atoms with Crippen LogP contribution >= 0.6 is 0 Å². The highest BCUT2D eigenvalue weighted by molar-refractivity contribution is 4.88. The third kappa shape index (κ3) is 8.31. The molecule has 0 heterocycles. The molecule has 0 saturated carbocycles. The van der Waals surface area contributed by atoms with Crippen molar-refractivity contribution in [1.82, 2.24) is 5.32 Å². The molecule has 0 aliphatic carbocycles. The minimum atomic E-state index is 0.735. The fraction of sp³-hybridized carbons (Fsp3) is 0.846. The van der Waals surface area contributed by atoms with Gasteiger partial charge in [-0.3, -0.25) is 0 Å². The maximum absolute atomic E-state index is 3.92. The molecular formula is C13H27N. The van der Waals surface area contributed by atoms with Gasteiger partial charge in [-0.15, -0.1) is 6.58 Å². The fourth-order valence-electron chi connectivity index (χ4n) is 1.64. The smallest absolute Gasteiger partial charge is 0.00670 e. The topological polar surface area (TPSA) is 12.0 Å². The van der Waals surface area contributed by atoms with Gasteiger partial charge in [0.05, 0.1) is 0 Å². The van der Waals surface area contributed by atoms with E-state index >= 15 is 0 Å². The monoisotopic (exact) mass is 197 g/mol. The van der Waals surface area contributed by atoms with Crippen molar-refractivity contribution >= 4 is 0 Å². The normalized spacial score (nSPS) is 12.8. The molecule has 14 heavy (non-hydrogen) atoms. The first kappa shape index (κ1) is 13.7. The van der Waals surface area contributed by atoms with Crippen molar-refractivity contribution < 1.29 is 0 Å². The van der Waals surface area contributed by atoms with Crippen LogP contribution in [0.1, 0.15) is 59.3 Å². The van der Waals surface area contributed by atoms with Crippen molar-refractivity contribution in [3.05, 3.63) is 12.2 Å². The number of unbranched alkanes of at least 4 members (excludes halogenated alkanes) is 1. The summed E-state index contributed by atoms with van der Waals surface area (Å²) in [7, 11) is 0. The van der Waals surface area contributed by atoms with Gasteiger partial charge >= 0.3 is 0 Å². The van der Waals surface area contributed by atoms with Gasteiger partial charge < -0.3 is 5.32 Å². The lowest BCUT2D eigenvalue weighted by molar-refractivity contribution is 0.438. The van der Waals surface area contributed by atoms with Gasteiger partial charge in [0.25, 0.3) is 0 Å². The molecule has 0 aromatic carbocycles. The van der Waals surface area contributed by atoms with Crippen LogP contribution in [0.2, 0.25) is 0 Å². The molecule has 0 radical (unpaired) electrons. The van der Waals surface area contributed by atoms with Gasteiger partial charge in [0.1, 0.15) is 0 Å². The Balaban J connectivity index is 3.55. The molecule has 0 aromatic rings. The Bertz CT molecular complexity index is 140. The lowest BCUT2D eigenvalue weighted by Crippen LogP contribution is -2.29. The average molecular weight is 197 g/mol. The third-order valence-corrected chi connectivity index (χ3v) is 2.53. The molecule has 84 valence electrons. The summed E-state index contributed by atoms with van der Waals surface area (Å²) in [6.45, 7) is 11.6. The Kier molecular flexibility index (Phi) is 9.06. The molecule has 0 saturated heterocycles. The molecule has 1 heteroatoms. The minimum Gasteiger partial charge on any atom is -0.314 e. The Morgan fingerprint density at radius 3 is 2.43 bits per heavy atom. The van der Waals surface area contributed by atoms with E-state index in [4.69, 9.17) is 0 Å². The minimum absolute atomic E-state index is 0.735. The van der Waals surface area contributed by atoms with Crippen LogP contribution in [0.25, 0.3) is 0 Å². The highest BCUT2D eigenvalue weighted by atomic mass is 14.9. The molecule has 0 aliphatic rings. The largest absolute Gasteiger partial charge is 0.314 e. The first-order chi connectivity index (χ1) is 6.70. The molecular weight excluding hydrogens is 170 g/mol. The summed E-state index contributed by atoms with van der Waals surface area (Å²) < 4.78 is 0. The summed E-state index contributed by atoms with van der Waals surface area (Å²) in [6, 6.07) is 0.735. The quantitative estimate of drug-likeness (QED) is 0.553. The van der Waals surface area contributed by atoms with Crippen LogP contribution in [0.5, 0.6) is 0 Å². The van der Waals surface area contributed by atoms with Crippen molar-refractivity contribution in [2.45, 2.75) is 65.3 Å². The van der Waals surface area contributed by atoms with Gasteiger partial charge in [-0.05, 0) is 32.7 Å². The van der Waals surface area contributed by atoms with Crippen LogP contribution in [0.4, 0.5) is 0 Å². The predicted octanol–water partition coefficient (Wildman–Crippen LogP) is 3.90. The van der Waals surface area contributed by atoms with Gasteiger partial charge in [-0.1, -0.05) is 38.7 Å². The molecule has 0 aromatic heterocycles. The third-order valence-electron chi connectivity index (χ3n) is 2.53. The second kappa shape index (κ2) is 9.26. The summed E-state index contributed by atoms with van der Waals surface area (Å²) in [6.07, 6.45) is 7.71. The van der Waals surface area contributed by atoms with E-state index in [0.29, 0.717) is 0 Å². The fourth-order valence-corrected chi connectivity index (χ4v) is 1.64.